The number of halogens is 4. The summed E-state index contributed by atoms with van der Waals surface area (Å²) >= 11 is 0. The second-order valence-electron chi connectivity index (χ2n) is 3.76. The number of hydrogen-bond donors (Lipinski definition) is 1. The number of hydrogen-bond acceptors (Lipinski definition) is 2. The zero-order valence-corrected chi connectivity index (χ0v) is 9.93. The molecule has 0 radical (unpaired) electrons. The Morgan fingerprint density at radius 3 is 2.50 bits per heavy atom. The minimum absolute atomic E-state index is 0.228. The van der Waals surface area contributed by atoms with Gasteiger partial charge in [-0.1, -0.05) is 25.1 Å². The first-order chi connectivity index (χ1) is 8.44. The summed E-state index contributed by atoms with van der Waals surface area (Å²) in [6.45, 7) is 0.740. The van der Waals surface area contributed by atoms with Crippen LogP contribution < -0.4 is 5.32 Å². The molecule has 1 aromatic carbocycles. The molecule has 6 heteroatoms. The molecule has 0 aliphatic heterocycles. The number of alkyl halides is 3. The van der Waals surface area contributed by atoms with E-state index in [0.29, 0.717) is 12.1 Å². The summed E-state index contributed by atoms with van der Waals surface area (Å²) in [7, 11) is 0. The molecule has 1 unspecified atom stereocenters. The SMILES string of the molecule is CCNC(COCC(F)(F)F)c1ccccc1F. The van der Waals surface area contributed by atoms with Gasteiger partial charge in [0.05, 0.1) is 12.6 Å². The molecule has 2 nitrogen and oxygen atoms in total. The van der Waals surface area contributed by atoms with Gasteiger partial charge in [-0.3, -0.25) is 0 Å². The fourth-order valence-electron chi connectivity index (χ4n) is 1.56. The summed E-state index contributed by atoms with van der Waals surface area (Å²) in [5.74, 6) is -0.459. The van der Waals surface area contributed by atoms with Crippen molar-refractivity contribution < 1.29 is 22.3 Å². The highest BCUT2D eigenvalue weighted by Gasteiger charge is 2.28. The zero-order chi connectivity index (χ0) is 13.6. The van der Waals surface area contributed by atoms with Crippen LogP contribution in [0.5, 0.6) is 0 Å². The smallest absolute Gasteiger partial charge is 0.370 e. The molecule has 0 heterocycles. The molecular formula is C12H15F4NO. The average Bonchev–Trinajstić information content (AvgIpc) is 2.27. The molecule has 1 rings (SSSR count). The van der Waals surface area contributed by atoms with Crippen LogP contribution in [0.25, 0.3) is 0 Å². The number of benzene rings is 1. The number of likely N-dealkylation sites (N-methyl/N-ethyl adjacent to an activating group) is 1. The van der Waals surface area contributed by atoms with Crippen molar-refractivity contribution in [3.63, 3.8) is 0 Å². The van der Waals surface area contributed by atoms with E-state index >= 15 is 0 Å². The van der Waals surface area contributed by atoms with Crippen molar-refractivity contribution >= 4 is 0 Å². The van der Waals surface area contributed by atoms with Gasteiger partial charge < -0.3 is 10.1 Å². The van der Waals surface area contributed by atoms with Gasteiger partial charge in [-0.2, -0.15) is 13.2 Å². The summed E-state index contributed by atoms with van der Waals surface area (Å²) in [5.41, 5.74) is 0.307. The summed E-state index contributed by atoms with van der Waals surface area (Å²) in [6, 6.07) is 5.37. The lowest BCUT2D eigenvalue weighted by Gasteiger charge is -2.19. The minimum atomic E-state index is -4.37. The van der Waals surface area contributed by atoms with Gasteiger partial charge in [0.2, 0.25) is 0 Å². The average molecular weight is 265 g/mol. The maximum atomic E-state index is 13.5. The lowest BCUT2D eigenvalue weighted by Crippen LogP contribution is -2.28. The van der Waals surface area contributed by atoms with E-state index < -0.39 is 24.6 Å². The Morgan fingerprint density at radius 2 is 1.94 bits per heavy atom. The highest BCUT2D eigenvalue weighted by atomic mass is 19.4. The van der Waals surface area contributed by atoms with Gasteiger partial charge in [-0.15, -0.1) is 0 Å². The molecule has 0 saturated heterocycles. The Morgan fingerprint density at radius 1 is 1.28 bits per heavy atom. The Balaban J connectivity index is 2.63. The second kappa shape index (κ2) is 6.70. The Kier molecular flexibility index (Phi) is 5.55. The summed E-state index contributed by atoms with van der Waals surface area (Å²) < 4.78 is 53.9. The van der Waals surface area contributed by atoms with E-state index in [2.05, 4.69) is 10.1 Å². The van der Waals surface area contributed by atoms with Crippen LogP contribution in [0.3, 0.4) is 0 Å². The van der Waals surface area contributed by atoms with Gasteiger partial charge in [0.25, 0.3) is 0 Å². The molecular weight excluding hydrogens is 250 g/mol. The molecule has 1 N–H and O–H groups in total. The molecule has 18 heavy (non-hydrogen) atoms. The van der Waals surface area contributed by atoms with Crippen LogP contribution in [0.4, 0.5) is 17.6 Å². The number of rotatable bonds is 6. The van der Waals surface area contributed by atoms with Crippen LogP contribution in [-0.2, 0) is 4.74 Å². The molecule has 0 saturated carbocycles. The quantitative estimate of drug-likeness (QED) is 0.798. The highest BCUT2D eigenvalue weighted by Crippen LogP contribution is 2.19. The lowest BCUT2D eigenvalue weighted by atomic mass is 10.1. The van der Waals surface area contributed by atoms with Crippen molar-refractivity contribution in [2.45, 2.75) is 19.1 Å². The molecule has 0 aliphatic carbocycles. The van der Waals surface area contributed by atoms with E-state index in [1.54, 1.807) is 13.0 Å². The monoisotopic (exact) mass is 265 g/mol. The largest absolute Gasteiger partial charge is 0.411 e. The van der Waals surface area contributed by atoms with Gasteiger partial charge in [-0.05, 0) is 12.6 Å². The lowest BCUT2D eigenvalue weighted by molar-refractivity contribution is -0.175. The Labute approximate surface area is 103 Å². The van der Waals surface area contributed by atoms with Gasteiger partial charge in [0.1, 0.15) is 12.4 Å². The van der Waals surface area contributed by atoms with Crippen LogP contribution in [-0.4, -0.2) is 25.9 Å². The number of nitrogens with one attached hydrogen (secondary N) is 1. The molecule has 1 atom stereocenters. The van der Waals surface area contributed by atoms with E-state index in [-0.39, 0.29) is 6.61 Å². The van der Waals surface area contributed by atoms with Crippen LogP contribution in [0, 0.1) is 5.82 Å². The highest BCUT2D eigenvalue weighted by molar-refractivity contribution is 5.21. The molecule has 0 amide bonds. The molecule has 0 aromatic heterocycles. The second-order valence-corrected chi connectivity index (χ2v) is 3.76. The van der Waals surface area contributed by atoms with Gasteiger partial charge in [0, 0.05) is 5.56 Å². The van der Waals surface area contributed by atoms with E-state index in [1.165, 1.54) is 18.2 Å². The van der Waals surface area contributed by atoms with E-state index in [1.807, 2.05) is 0 Å². The van der Waals surface area contributed by atoms with Crippen molar-refractivity contribution in [1.29, 1.82) is 0 Å². The predicted octanol–water partition coefficient (Wildman–Crippen LogP) is 3.06. The summed E-state index contributed by atoms with van der Waals surface area (Å²) in [6.07, 6.45) is -4.37. The van der Waals surface area contributed by atoms with Gasteiger partial charge in [-0.25, -0.2) is 4.39 Å². The normalized spacial score (nSPS) is 13.6. The molecule has 0 fully saturated rings. The first-order valence-electron chi connectivity index (χ1n) is 5.56. The van der Waals surface area contributed by atoms with Crippen LogP contribution >= 0.6 is 0 Å². The topological polar surface area (TPSA) is 21.3 Å². The van der Waals surface area contributed by atoms with E-state index in [4.69, 9.17) is 0 Å². The van der Waals surface area contributed by atoms with Crippen molar-refractivity contribution in [3.05, 3.63) is 35.6 Å². The zero-order valence-electron chi connectivity index (χ0n) is 9.93. The fraction of sp³-hybridized carbons (Fsp3) is 0.500. The minimum Gasteiger partial charge on any atom is -0.370 e. The third-order valence-corrected chi connectivity index (χ3v) is 2.28. The maximum Gasteiger partial charge on any atom is 0.411 e. The van der Waals surface area contributed by atoms with Gasteiger partial charge >= 0.3 is 6.18 Å². The predicted molar refractivity (Wildman–Crippen MR) is 59.7 cm³/mol. The standard InChI is InChI=1S/C12H15F4NO/c1-2-17-11(7-18-8-12(14,15)16)9-5-3-4-6-10(9)13/h3-6,11,17H,2,7-8H2,1H3. The first kappa shape index (κ1) is 14.9. The van der Waals surface area contributed by atoms with E-state index in [0.717, 1.165) is 0 Å². The fourth-order valence-corrected chi connectivity index (χ4v) is 1.56. The van der Waals surface area contributed by atoms with Crippen molar-refractivity contribution in [2.75, 3.05) is 19.8 Å². The molecule has 0 spiro atoms. The van der Waals surface area contributed by atoms with E-state index in [9.17, 15) is 17.6 Å². The molecule has 0 aliphatic rings. The first-order valence-corrected chi connectivity index (χ1v) is 5.56. The van der Waals surface area contributed by atoms with Crippen LogP contribution in [0.15, 0.2) is 24.3 Å². The molecule has 102 valence electrons. The molecule has 1 aromatic rings. The summed E-state index contributed by atoms with van der Waals surface area (Å²) in [4.78, 5) is 0. The third kappa shape index (κ3) is 5.01. The van der Waals surface area contributed by atoms with Crippen molar-refractivity contribution in [3.8, 4) is 0 Å². The van der Waals surface area contributed by atoms with Crippen LogP contribution in [0.1, 0.15) is 18.5 Å². The van der Waals surface area contributed by atoms with Crippen LogP contribution in [0.2, 0.25) is 0 Å². The third-order valence-electron chi connectivity index (χ3n) is 2.28. The summed E-state index contributed by atoms with van der Waals surface area (Å²) in [5, 5.41) is 2.89. The van der Waals surface area contributed by atoms with Gasteiger partial charge in [0.15, 0.2) is 0 Å². The Hall–Kier alpha value is -1.14. The molecule has 0 bridgehead atoms. The van der Waals surface area contributed by atoms with Crippen molar-refractivity contribution in [2.24, 2.45) is 0 Å². The van der Waals surface area contributed by atoms with Crippen molar-refractivity contribution in [1.82, 2.24) is 5.32 Å². The number of ether oxygens (including phenoxy) is 1. The Bertz CT molecular complexity index is 367. The maximum absolute atomic E-state index is 13.5.